The van der Waals surface area contributed by atoms with Crippen LogP contribution in [0, 0.1) is 6.92 Å². The molecule has 5 nitrogen and oxygen atoms in total. The zero-order chi connectivity index (χ0) is 16.5. The molecule has 0 saturated carbocycles. The molecule has 0 aliphatic carbocycles. The number of carbonyl (C=O) groups excluding carboxylic acids is 3. The van der Waals surface area contributed by atoms with Gasteiger partial charge < -0.3 is 10.1 Å². The van der Waals surface area contributed by atoms with E-state index < -0.39 is 5.97 Å². The summed E-state index contributed by atoms with van der Waals surface area (Å²) in [7, 11) is 0. The molecule has 1 N–H and O–H groups in total. The molecule has 0 aromatic heterocycles. The average Bonchev–Trinajstić information content (AvgIpc) is 2.42. The number of halogens is 1. The Hall–Kier alpha value is -1.53. The highest BCUT2D eigenvalue weighted by Gasteiger charge is 2.12. The smallest absolute Gasteiger partial charge is 0.313 e. The lowest BCUT2D eigenvalue weighted by atomic mass is 10.2. The van der Waals surface area contributed by atoms with Crippen LogP contribution < -0.4 is 5.32 Å². The van der Waals surface area contributed by atoms with E-state index in [-0.39, 0.29) is 36.2 Å². The zero-order valence-electron chi connectivity index (χ0n) is 12.5. The summed E-state index contributed by atoms with van der Waals surface area (Å²) in [5.74, 6) is -0.754. The Morgan fingerprint density at radius 3 is 2.64 bits per heavy atom. The molecular formula is C15H18ClNO4S. The first kappa shape index (κ1) is 18.5. The van der Waals surface area contributed by atoms with Crippen molar-refractivity contribution >= 4 is 46.7 Å². The van der Waals surface area contributed by atoms with E-state index in [0.717, 1.165) is 17.3 Å². The van der Waals surface area contributed by atoms with Crippen molar-refractivity contribution in [2.45, 2.75) is 20.3 Å². The minimum absolute atomic E-state index is 0.103. The second-order valence-corrected chi connectivity index (χ2v) is 5.94. The van der Waals surface area contributed by atoms with E-state index in [1.165, 1.54) is 0 Å². The third-order valence-electron chi connectivity index (χ3n) is 2.61. The molecule has 1 aromatic rings. The second kappa shape index (κ2) is 9.48. The van der Waals surface area contributed by atoms with Crippen LogP contribution >= 0.6 is 23.4 Å². The average molecular weight is 344 g/mol. The molecule has 0 heterocycles. The molecule has 0 saturated heterocycles. The molecule has 0 unspecified atom stereocenters. The van der Waals surface area contributed by atoms with Crippen molar-refractivity contribution in [3.63, 3.8) is 0 Å². The topological polar surface area (TPSA) is 72.5 Å². The summed E-state index contributed by atoms with van der Waals surface area (Å²) in [6, 6.07) is 5.18. The van der Waals surface area contributed by atoms with E-state index in [2.05, 4.69) is 10.1 Å². The maximum absolute atomic E-state index is 11.8. The predicted molar refractivity (Wildman–Crippen MR) is 88.4 cm³/mol. The van der Waals surface area contributed by atoms with Crippen LogP contribution in [0.1, 0.15) is 18.9 Å². The second-order valence-electron chi connectivity index (χ2n) is 4.52. The molecule has 0 aliphatic rings. The van der Waals surface area contributed by atoms with E-state index in [1.54, 1.807) is 25.1 Å². The maximum Gasteiger partial charge on any atom is 0.313 e. The van der Waals surface area contributed by atoms with Crippen LogP contribution in [0.15, 0.2) is 18.2 Å². The van der Waals surface area contributed by atoms with Gasteiger partial charge in [0.05, 0.1) is 18.1 Å². The molecule has 0 atom stereocenters. The molecule has 0 aliphatic heterocycles. The standard InChI is InChI=1S/C15H18ClNO4S/c1-3-21-15(20)7-12(18)8-22-9-14(19)17-13-5-4-11(16)6-10(13)2/h4-6H,3,7-9H2,1-2H3,(H,17,19). The van der Waals surface area contributed by atoms with Crippen molar-refractivity contribution < 1.29 is 19.1 Å². The number of esters is 1. The van der Waals surface area contributed by atoms with E-state index in [4.69, 9.17) is 11.6 Å². The minimum atomic E-state index is -0.533. The van der Waals surface area contributed by atoms with E-state index >= 15 is 0 Å². The van der Waals surface area contributed by atoms with Crippen molar-refractivity contribution in [3.05, 3.63) is 28.8 Å². The Labute approximate surface area is 138 Å². The Balaban J connectivity index is 2.31. The number of hydrogen-bond donors (Lipinski definition) is 1. The molecule has 0 bridgehead atoms. The number of Topliss-reactive ketones (excluding diaryl/α,β-unsaturated/α-hetero) is 1. The van der Waals surface area contributed by atoms with E-state index in [0.29, 0.717) is 10.7 Å². The van der Waals surface area contributed by atoms with Crippen LogP contribution in [0.5, 0.6) is 0 Å². The van der Waals surface area contributed by atoms with Gasteiger partial charge in [-0.15, -0.1) is 11.8 Å². The van der Waals surface area contributed by atoms with Gasteiger partial charge in [0.25, 0.3) is 0 Å². The Bertz CT molecular complexity index is 562. The fourth-order valence-electron chi connectivity index (χ4n) is 1.64. The first-order chi connectivity index (χ1) is 10.4. The van der Waals surface area contributed by atoms with Gasteiger partial charge in [0.15, 0.2) is 5.78 Å². The lowest BCUT2D eigenvalue weighted by Crippen LogP contribution is -2.17. The third kappa shape index (κ3) is 6.95. The normalized spacial score (nSPS) is 10.1. The van der Waals surface area contributed by atoms with E-state index in [1.807, 2.05) is 6.92 Å². The Morgan fingerprint density at radius 2 is 2.00 bits per heavy atom. The van der Waals surface area contributed by atoms with E-state index in [9.17, 15) is 14.4 Å². The van der Waals surface area contributed by atoms with Crippen molar-refractivity contribution in [3.8, 4) is 0 Å². The molecule has 1 amide bonds. The highest BCUT2D eigenvalue weighted by atomic mass is 35.5. The first-order valence-electron chi connectivity index (χ1n) is 6.73. The number of ether oxygens (including phenoxy) is 1. The number of thioether (sulfide) groups is 1. The van der Waals surface area contributed by atoms with Gasteiger partial charge in [-0.25, -0.2) is 0 Å². The van der Waals surface area contributed by atoms with Gasteiger partial charge in [-0.3, -0.25) is 14.4 Å². The number of rotatable bonds is 8. The van der Waals surface area contributed by atoms with Gasteiger partial charge in [0, 0.05) is 10.7 Å². The molecule has 1 rings (SSSR count). The van der Waals surface area contributed by atoms with Crippen LogP contribution in [0.2, 0.25) is 5.02 Å². The van der Waals surface area contributed by atoms with Crippen LogP contribution in [-0.2, 0) is 19.1 Å². The Morgan fingerprint density at radius 1 is 1.27 bits per heavy atom. The highest BCUT2D eigenvalue weighted by molar-refractivity contribution is 8.00. The minimum Gasteiger partial charge on any atom is -0.466 e. The fourth-order valence-corrected chi connectivity index (χ4v) is 2.55. The predicted octanol–water partition coefficient (Wildman–Crippen LogP) is 2.84. The van der Waals surface area contributed by atoms with Gasteiger partial charge in [0.2, 0.25) is 5.91 Å². The summed E-state index contributed by atoms with van der Waals surface area (Å²) in [6.45, 7) is 3.78. The lowest BCUT2D eigenvalue weighted by Gasteiger charge is -2.08. The number of nitrogens with one attached hydrogen (secondary N) is 1. The van der Waals surface area contributed by atoms with Crippen LogP contribution in [-0.4, -0.2) is 35.8 Å². The number of benzene rings is 1. The molecule has 120 valence electrons. The number of amides is 1. The Kier molecular flexibility index (Phi) is 7.98. The number of aryl methyl sites for hydroxylation is 1. The number of ketones is 1. The van der Waals surface area contributed by atoms with Crippen molar-refractivity contribution in [1.29, 1.82) is 0 Å². The fraction of sp³-hybridized carbons (Fsp3) is 0.400. The monoisotopic (exact) mass is 343 g/mol. The summed E-state index contributed by atoms with van der Waals surface area (Å²) in [5.41, 5.74) is 1.55. The summed E-state index contributed by atoms with van der Waals surface area (Å²) >= 11 is 7.01. The summed E-state index contributed by atoms with van der Waals surface area (Å²) in [6.07, 6.45) is -0.251. The van der Waals surface area contributed by atoms with Gasteiger partial charge in [0.1, 0.15) is 6.42 Å². The third-order valence-corrected chi connectivity index (χ3v) is 3.83. The van der Waals surface area contributed by atoms with Gasteiger partial charge in [-0.1, -0.05) is 11.6 Å². The molecule has 0 radical (unpaired) electrons. The van der Waals surface area contributed by atoms with Crippen LogP contribution in [0.3, 0.4) is 0 Å². The maximum atomic E-state index is 11.8. The highest BCUT2D eigenvalue weighted by Crippen LogP contribution is 2.19. The number of carbonyl (C=O) groups is 3. The number of hydrogen-bond acceptors (Lipinski definition) is 5. The van der Waals surface area contributed by atoms with Gasteiger partial charge in [-0.2, -0.15) is 0 Å². The lowest BCUT2D eigenvalue weighted by molar-refractivity contribution is -0.145. The van der Waals surface area contributed by atoms with Crippen molar-refractivity contribution in [2.24, 2.45) is 0 Å². The quantitative estimate of drug-likeness (QED) is 0.580. The first-order valence-corrected chi connectivity index (χ1v) is 8.26. The SMILES string of the molecule is CCOC(=O)CC(=O)CSCC(=O)Nc1ccc(Cl)cc1C. The molecular weight excluding hydrogens is 326 g/mol. The van der Waals surface area contributed by atoms with Crippen LogP contribution in [0.4, 0.5) is 5.69 Å². The summed E-state index contributed by atoms with van der Waals surface area (Å²) < 4.78 is 4.68. The molecule has 1 aromatic carbocycles. The zero-order valence-corrected chi connectivity index (χ0v) is 14.1. The molecule has 22 heavy (non-hydrogen) atoms. The molecule has 0 fully saturated rings. The number of anilines is 1. The summed E-state index contributed by atoms with van der Waals surface area (Å²) in [5, 5.41) is 3.36. The van der Waals surface area contributed by atoms with Gasteiger partial charge >= 0.3 is 5.97 Å². The van der Waals surface area contributed by atoms with Crippen LogP contribution in [0.25, 0.3) is 0 Å². The largest absolute Gasteiger partial charge is 0.466 e. The molecule has 7 heteroatoms. The van der Waals surface area contributed by atoms with Gasteiger partial charge in [-0.05, 0) is 37.6 Å². The van der Waals surface area contributed by atoms with Crippen molar-refractivity contribution in [2.75, 3.05) is 23.4 Å². The summed E-state index contributed by atoms with van der Waals surface area (Å²) in [4.78, 5) is 34.4. The molecule has 0 spiro atoms. The van der Waals surface area contributed by atoms with Crippen molar-refractivity contribution in [1.82, 2.24) is 0 Å².